The van der Waals surface area contributed by atoms with Gasteiger partial charge in [0.25, 0.3) is 0 Å². The first-order valence-corrected chi connectivity index (χ1v) is 14.1. The molecule has 4 aromatic carbocycles. The van der Waals surface area contributed by atoms with Crippen molar-refractivity contribution in [3.8, 4) is 0 Å². The number of hydrogen-bond acceptors (Lipinski definition) is 3. The fourth-order valence-electron chi connectivity index (χ4n) is 4.65. The summed E-state index contributed by atoms with van der Waals surface area (Å²) in [4.78, 5) is 12.2. The van der Waals surface area contributed by atoms with Crippen LogP contribution in [0.4, 0.5) is 11.4 Å². The van der Waals surface area contributed by atoms with Crippen LogP contribution in [0.15, 0.2) is 131 Å². The lowest BCUT2D eigenvalue weighted by Crippen LogP contribution is -2.64. The molecule has 0 bridgehead atoms. The molecule has 0 atom stereocenters. The molecular formula is C31H30N3OP. The van der Waals surface area contributed by atoms with Gasteiger partial charge < -0.3 is 4.57 Å². The Bertz CT molecular complexity index is 1370. The summed E-state index contributed by atoms with van der Waals surface area (Å²) in [5.74, 6) is 1.89. The highest BCUT2D eigenvalue weighted by molar-refractivity contribution is 7.78. The van der Waals surface area contributed by atoms with Crippen molar-refractivity contribution < 1.29 is 4.57 Å². The van der Waals surface area contributed by atoms with Crippen LogP contribution in [-0.4, -0.2) is 24.4 Å². The van der Waals surface area contributed by atoms with Crippen LogP contribution < -0.4 is 15.5 Å². The Morgan fingerprint density at radius 2 is 1.14 bits per heavy atom. The van der Waals surface area contributed by atoms with E-state index in [1.807, 2.05) is 109 Å². The van der Waals surface area contributed by atoms with Crippen LogP contribution in [0.25, 0.3) is 0 Å². The molecule has 4 aromatic rings. The average molecular weight is 492 g/mol. The molecule has 1 aliphatic rings. The van der Waals surface area contributed by atoms with Gasteiger partial charge in [-0.2, -0.15) is 0 Å². The summed E-state index contributed by atoms with van der Waals surface area (Å²) in [6, 6.07) is 39.8. The van der Waals surface area contributed by atoms with Crippen molar-refractivity contribution in [3.63, 3.8) is 0 Å². The van der Waals surface area contributed by atoms with Crippen molar-refractivity contribution in [2.75, 3.05) is 17.6 Å². The molecule has 1 aliphatic heterocycles. The molecule has 180 valence electrons. The highest BCUT2D eigenvalue weighted by atomic mass is 31.2. The maximum absolute atomic E-state index is 14.4. The van der Waals surface area contributed by atoms with Crippen LogP contribution in [0, 0.1) is 5.41 Å². The third-order valence-corrected chi connectivity index (χ3v) is 9.66. The maximum atomic E-state index is 14.4. The van der Waals surface area contributed by atoms with Gasteiger partial charge in [0.15, 0.2) is 0 Å². The van der Waals surface area contributed by atoms with Gasteiger partial charge >= 0.3 is 0 Å². The Kier molecular flexibility index (Phi) is 6.71. The van der Waals surface area contributed by atoms with E-state index in [9.17, 15) is 4.57 Å². The SMILES string of the molecule is CC1(C)C(=NCCP(=O)(c2ccccc2)c2ccccc2)N(c2ccccc2)C1=Nc1ccccc1. The van der Waals surface area contributed by atoms with Gasteiger partial charge in [-0.1, -0.05) is 97.1 Å². The standard InChI is InChI=1S/C31H30N3OP/c1-31(2)29(34(26-17-9-4-10-18-26)30(31)33-25-15-7-3-8-16-25)32-23-24-36(35,27-19-11-5-12-20-27)28-21-13-6-14-22-28/h3-22H,23-24H2,1-2H3. The van der Waals surface area contributed by atoms with Gasteiger partial charge in [-0.15, -0.1) is 0 Å². The number of para-hydroxylation sites is 2. The Morgan fingerprint density at radius 1 is 0.667 bits per heavy atom. The first-order valence-electron chi connectivity index (χ1n) is 12.2. The molecule has 36 heavy (non-hydrogen) atoms. The van der Waals surface area contributed by atoms with Crippen LogP contribution in [0.3, 0.4) is 0 Å². The lowest BCUT2D eigenvalue weighted by Gasteiger charge is -2.49. The van der Waals surface area contributed by atoms with Crippen molar-refractivity contribution in [1.29, 1.82) is 0 Å². The van der Waals surface area contributed by atoms with E-state index in [-0.39, 0.29) is 5.41 Å². The average Bonchev–Trinajstić information content (AvgIpc) is 2.93. The van der Waals surface area contributed by atoms with Crippen molar-refractivity contribution in [2.45, 2.75) is 13.8 Å². The van der Waals surface area contributed by atoms with Gasteiger partial charge in [0, 0.05) is 29.0 Å². The third kappa shape index (κ3) is 4.57. The molecule has 5 rings (SSSR count). The van der Waals surface area contributed by atoms with Crippen LogP contribution in [0.5, 0.6) is 0 Å². The summed E-state index contributed by atoms with van der Waals surface area (Å²) >= 11 is 0. The highest BCUT2D eigenvalue weighted by Gasteiger charge is 2.50. The van der Waals surface area contributed by atoms with Gasteiger partial charge in [0.05, 0.1) is 11.1 Å². The Labute approximate surface area is 213 Å². The van der Waals surface area contributed by atoms with Gasteiger partial charge in [0.1, 0.15) is 18.8 Å². The lowest BCUT2D eigenvalue weighted by atomic mass is 9.79. The molecule has 1 saturated heterocycles. The number of anilines is 1. The van der Waals surface area contributed by atoms with Gasteiger partial charge in [-0.3, -0.25) is 9.89 Å². The smallest absolute Gasteiger partial charge is 0.145 e. The van der Waals surface area contributed by atoms with E-state index in [2.05, 4.69) is 30.9 Å². The summed E-state index contributed by atoms with van der Waals surface area (Å²) in [7, 11) is -2.83. The van der Waals surface area contributed by atoms with E-state index in [4.69, 9.17) is 9.98 Å². The quantitative estimate of drug-likeness (QED) is 0.271. The molecule has 1 fully saturated rings. The fraction of sp³-hybridized carbons (Fsp3) is 0.161. The molecule has 0 saturated carbocycles. The second-order valence-corrected chi connectivity index (χ2v) is 12.4. The Balaban J connectivity index is 1.49. The molecule has 0 radical (unpaired) electrons. The summed E-state index contributed by atoms with van der Waals surface area (Å²) in [6.45, 7) is 4.77. The zero-order chi connectivity index (χ0) is 25.0. The van der Waals surface area contributed by atoms with E-state index in [0.29, 0.717) is 12.7 Å². The van der Waals surface area contributed by atoms with Crippen molar-refractivity contribution in [2.24, 2.45) is 15.4 Å². The summed E-state index contributed by atoms with van der Waals surface area (Å²) < 4.78 is 14.4. The molecule has 0 N–H and O–H groups in total. The number of aliphatic imine (C=N–C) groups is 2. The van der Waals surface area contributed by atoms with E-state index in [0.717, 1.165) is 33.7 Å². The first-order chi connectivity index (χ1) is 17.5. The third-order valence-electron chi connectivity index (χ3n) is 6.57. The minimum Gasteiger partial charge on any atom is -0.314 e. The Morgan fingerprint density at radius 3 is 1.67 bits per heavy atom. The number of rotatable bonds is 7. The van der Waals surface area contributed by atoms with E-state index in [1.54, 1.807) is 0 Å². The van der Waals surface area contributed by atoms with Gasteiger partial charge in [-0.25, -0.2) is 4.99 Å². The van der Waals surface area contributed by atoms with Crippen LogP contribution >= 0.6 is 7.14 Å². The van der Waals surface area contributed by atoms with Crippen LogP contribution in [-0.2, 0) is 4.57 Å². The van der Waals surface area contributed by atoms with E-state index in [1.165, 1.54) is 0 Å². The molecule has 4 nitrogen and oxygen atoms in total. The second kappa shape index (κ2) is 10.1. The molecule has 0 unspecified atom stereocenters. The Hall–Kier alpha value is -3.75. The number of benzene rings is 4. The molecular weight excluding hydrogens is 461 g/mol. The van der Waals surface area contributed by atoms with Crippen LogP contribution in [0.1, 0.15) is 13.8 Å². The van der Waals surface area contributed by atoms with Gasteiger partial charge in [0.2, 0.25) is 0 Å². The molecule has 0 aromatic heterocycles. The first kappa shape index (κ1) is 24.0. The molecule has 0 amide bonds. The van der Waals surface area contributed by atoms with Gasteiger partial charge in [-0.05, 0) is 38.1 Å². The molecule has 1 heterocycles. The minimum absolute atomic E-state index is 0.338. The summed E-state index contributed by atoms with van der Waals surface area (Å²) in [5.41, 5.74) is 1.60. The largest absolute Gasteiger partial charge is 0.314 e. The summed E-state index contributed by atoms with van der Waals surface area (Å²) in [5, 5.41) is 1.74. The highest BCUT2D eigenvalue weighted by Crippen LogP contribution is 2.44. The zero-order valence-electron chi connectivity index (χ0n) is 20.7. The van der Waals surface area contributed by atoms with Crippen LogP contribution in [0.2, 0.25) is 0 Å². The molecule has 0 aliphatic carbocycles. The fourth-order valence-corrected chi connectivity index (χ4v) is 7.16. The predicted octanol–water partition coefficient (Wildman–Crippen LogP) is 6.68. The zero-order valence-corrected chi connectivity index (χ0v) is 21.6. The summed E-state index contributed by atoms with van der Waals surface area (Å²) in [6.07, 6.45) is 0.467. The second-order valence-electron chi connectivity index (χ2n) is 9.41. The topological polar surface area (TPSA) is 45.0 Å². The monoisotopic (exact) mass is 491 g/mol. The van der Waals surface area contributed by atoms with E-state index < -0.39 is 7.14 Å². The van der Waals surface area contributed by atoms with Crippen molar-refractivity contribution in [3.05, 3.63) is 121 Å². The maximum Gasteiger partial charge on any atom is 0.145 e. The van der Waals surface area contributed by atoms with Crippen molar-refractivity contribution >= 4 is 40.8 Å². The molecule has 5 heteroatoms. The van der Waals surface area contributed by atoms with E-state index >= 15 is 0 Å². The van der Waals surface area contributed by atoms with Crippen molar-refractivity contribution in [1.82, 2.24) is 0 Å². The molecule has 0 spiro atoms. The number of hydrogen-bond donors (Lipinski definition) is 0. The lowest BCUT2D eigenvalue weighted by molar-refractivity contribution is 0.586. The number of amidine groups is 2. The predicted molar refractivity (Wildman–Crippen MR) is 153 cm³/mol. The normalized spacial score (nSPS) is 17.2. The number of nitrogens with zero attached hydrogens (tertiary/aromatic N) is 3. The minimum atomic E-state index is -2.83.